The maximum Gasteiger partial charge on any atom is 0.573 e. The van der Waals surface area contributed by atoms with Gasteiger partial charge in [0.15, 0.2) is 13.1 Å². The molecule has 1 rings (SSSR count). The molecular weight excluding hydrogens is 377 g/mol. The van der Waals surface area contributed by atoms with Crippen molar-refractivity contribution in [3.05, 3.63) is 24.3 Å². The Hall–Kier alpha value is -2.80. The number of rotatable bonds is 8. The molecule has 154 valence electrons. The largest absolute Gasteiger partial charge is 0.573 e. The SMILES string of the molecule is CC(C)[C@@](C)(C#N)NC(=O)C[NH+](C)CC(=O)Nc1ccc(OC(F)(F)F)cc1. The topological polar surface area (TPSA) is 95.7 Å². The lowest BCUT2D eigenvalue weighted by molar-refractivity contribution is -0.862. The number of benzene rings is 1. The molecule has 0 aromatic heterocycles. The standard InChI is InChI=1S/C18H23F3N4O3/c1-12(2)17(3,11-22)24-16(27)10-25(4)9-15(26)23-13-5-7-14(8-6-13)28-18(19,20)21/h5-8,12H,9-10H2,1-4H3,(H,23,26)(H,24,27)/p+1/t17-/m1/s1. The molecule has 0 aliphatic rings. The number of hydrogen-bond donors (Lipinski definition) is 3. The maximum atomic E-state index is 12.1. The van der Waals surface area contributed by atoms with Gasteiger partial charge in [-0.3, -0.25) is 9.59 Å². The van der Waals surface area contributed by atoms with Crippen molar-refractivity contribution in [3.8, 4) is 11.8 Å². The molecule has 0 fully saturated rings. The van der Waals surface area contributed by atoms with Crippen molar-refractivity contribution in [1.82, 2.24) is 5.32 Å². The van der Waals surface area contributed by atoms with Crippen molar-refractivity contribution in [2.45, 2.75) is 32.7 Å². The van der Waals surface area contributed by atoms with Crippen LogP contribution < -0.4 is 20.3 Å². The predicted molar refractivity (Wildman–Crippen MR) is 95.4 cm³/mol. The Morgan fingerprint density at radius 3 is 2.18 bits per heavy atom. The zero-order chi connectivity index (χ0) is 21.5. The van der Waals surface area contributed by atoms with E-state index in [4.69, 9.17) is 0 Å². The van der Waals surface area contributed by atoms with Crippen LogP contribution >= 0.6 is 0 Å². The summed E-state index contributed by atoms with van der Waals surface area (Å²) in [5.41, 5.74) is -0.700. The van der Waals surface area contributed by atoms with Crippen LogP contribution in [0.5, 0.6) is 5.75 Å². The number of carbonyl (C=O) groups excluding carboxylic acids is 2. The average molecular weight is 401 g/mol. The molecule has 0 bridgehead atoms. The van der Waals surface area contributed by atoms with Gasteiger partial charge in [-0.15, -0.1) is 13.2 Å². The monoisotopic (exact) mass is 401 g/mol. The summed E-state index contributed by atoms with van der Waals surface area (Å²) in [6.07, 6.45) is -4.78. The number of anilines is 1. The molecule has 0 spiro atoms. The van der Waals surface area contributed by atoms with Crippen molar-refractivity contribution in [3.63, 3.8) is 0 Å². The smallest absolute Gasteiger partial charge is 0.406 e. The van der Waals surface area contributed by atoms with Crippen LogP contribution in [0.3, 0.4) is 0 Å². The first-order chi connectivity index (χ1) is 12.8. The number of hydrogen-bond acceptors (Lipinski definition) is 4. The second-order valence-electron chi connectivity index (χ2n) is 6.95. The maximum absolute atomic E-state index is 12.1. The summed E-state index contributed by atoms with van der Waals surface area (Å²) < 4.78 is 40.1. The first-order valence-corrected chi connectivity index (χ1v) is 8.54. The molecule has 2 amide bonds. The number of amides is 2. The molecule has 7 nitrogen and oxygen atoms in total. The van der Waals surface area contributed by atoms with Gasteiger partial charge >= 0.3 is 6.36 Å². The Morgan fingerprint density at radius 2 is 1.71 bits per heavy atom. The van der Waals surface area contributed by atoms with Crippen molar-refractivity contribution in [2.75, 3.05) is 25.5 Å². The molecule has 3 N–H and O–H groups in total. The number of likely N-dealkylation sites (N-methyl/N-ethyl adjacent to an activating group) is 1. The number of carbonyl (C=O) groups is 2. The molecule has 1 aromatic carbocycles. The van der Waals surface area contributed by atoms with E-state index >= 15 is 0 Å². The van der Waals surface area contributed by atoms with Gasteiger partial charge in [-0.25, -0.2) is 0 Å². The summed E-state index contributed by atoms with van der Waals surface area (Å²) in [6, 6.07) is 6.80. The molecular formula is C18H24F3N4O3+. The van der Waals surface area contributed by atoms with Crippen LogP contribution in [0.4, 0.5) is 18.9 Å². The van der Waals surface area contributed by atoms with Gasteiger partial charge < -0.3 is 20.3 Å². The van der Waals surface area contributed by atoms with Crippen LogP contribution in [-0.2, 0) is 9.59 Å². The third-order valence-electron chi connectivity index (χ3n) is 4.08. The molecule has 1 aromatic rings. The van der Waals surface area contributed by atoms with E-state index in [2.05, 4.69) is 21.4 Å². The van der Waals surface area contributed by atoms with E-state index in [0.717, 1.165) is 12.1 Å². The van der Waals surface area contributed by atoms with E-state index in [1.807, 2.05) is 13.8 Å². The van der Waals surface area contributed by atoms with Crippen LogP contribution in [-0.4, -0.2) is 43.9 Å². The van der Waals surface area contributed by atoms with E-state index in [1.54, 1.807) is 14.0 Å². The normalized spacial score (nSPS) is 14.5. The number of ether oxygens (including phenoxy) is 1. The van der Waals surface area contributed by atoms with E-state index in [0.29, 0.717) is 10.6 Å². The Labute approximate surface area is 161 Å². The van der Waals surface area contributed by atoms with Crippen LogP contribution in [0.2, 0.25) is 0 Å². The third kappa shape index (κ3) is 7.84. The first-order valence-electron chi connectivity index (χ1n) is 8.54. The fourth-order valence-corrected chi connectivity index (χ4v) is 2.19. The van der Waals surface area contributed by atoms with E-state index < -0.39 is 23.6 Å². The number of nitrogens with one attached hydrogen (secondary N) is 3. The van der Waals surface area contributed by atoms with E-state index in [1.165, 1.54) is 12.1 Å². The highest BCUT2D eigenvalue weighted by Gasteiger charge is 2.31. The number of nitrogens with zero attached hydrogens (tertiary/aromatic N) is 1. The predicted octanol–water partition coefficient (Wildman–Crippen LogP) is 1.09. The minimum Gasteiger partial charge on any atom is -0.406 e. The van der Waals surface area contributed by atoms with Gasteiger partial charge in [0.25, 0.3) is 11.8 Å². The van der Waals surface area contributed by atoms with Crippen LogP contribution in [0.25, 0.3) is 0 Å². The van der Waals surface area contributed by atoms with Crippen LogP contribution in [0.15, 0.2) is 24.3 Å². The number of quaternary nitrogens is 1. The summed E-state index contributed by atoms with van der Waals surface area (Å²) in [4.78, 5) is 24.7. The lowest BCUT2D eigenvalue weighted by atomic mass is 9.90. The minimum absolute atomic E-state index is 0.0181. The average Bonchev–Trinajstić information content (AvgIpc) is 2.54. The van der Waals surface area contributed by atoms with Gasteiger partial charge in [-0.2, -0.15) is 5.26 Å². The fourth-order valence-electron chi connectivity index (χ4n) is 2.19. The Kier molecular flexibility index (Phi) is 7.81. The highest BCUT2D eigenvalue weighted by atomic mass is 19.4. The highest BCUT2D eigenvalue weighted by molar-refractivity contribution is 5.91. The van der Waals surface area contributed by atoms with Crippen LogP contribution in [0, 0.1) is 17.2 Å². The Morgan fingerprint density at radius 1 is 1.18 bits per heavy atom. The molecule has 28 heavy (non-hydrogen) atoms. The molecule has 0 heterocycles. The Balaban J connectivity index is 2.52. The molecule has 0 aliphatic heterocycles. The van der Waals surface area contributed by atoms with Gasteiger partial charge in [0.1, 0.15) is 11.3 Å². The molecule has 0 saturated heterocycles. The zero-order valence-electron chi connectivity index (χ0n) is 16.1. The van der Waals surface area contributed by atoms with Gasteiger partial charge in [0, 0.05) is 5.69 Å². The van der Waals surface area contributed by atoms with Crippen molar-refractivity contribution in [1.29, 1.82) is 5.26 Å². The second-order valence-corrected chi connectivity index (χ2v) is 6.95. The first kappa shape index (κ1) is 23.2. The van der Waals surface area contributed by atoms with Crippen molar-refractivity contribution in [2.24, 2.45) is 5.92 Å². The summed E-state index contributed by atoms with van der Waals surface area (Å²) in [5, 5.41) is 14.4. The Bertz CT molecular complexity index is 729. The molecule has 1 unspecified atom stereocenters. The number of alkyl halides is 3. The molecule has 0 radical (unpaired) electrons. The van der Waals surface area contributed by atoms with E-state index in [9.17, 15) is 28.0 Å². The van der Waals surface area contributed by atoms with Gasteiger partial charge in [-0.05, 0) is 37.1 Å². The lowest BCUT2D eigenvalue weighted by Crippen LogP contribution is -3.11. The summed E-state index contributed by atoms with van der Waals surface area (Å²) in [6.45, 7) is 5.20. The summed E-state index contributed by atoms with van der Waals surface area (Å²) in [5.74, 6) is -1.26. The quantitative estimate of drug-likeness (QED) is 0.608. The minimum atomic E-state index is -4.78. The molecule has 10 heteroatoms. The van der Waals surface area contributed by atoms with Gasteiger partial charge in [0.05, 0.1) is 13.1 Å². The summed E-state index contributed by atoms with van der Waals surface area (Å²) >= 11 is 0. The van der Waals surface area contributed by atoms with Crippen molar-refractivity contribution >= 4 is 17.5 Å². The molecule has 2 atom stereocenters. The fraction of sp³-hybridized carbons (Fsp3) is 0.500. The lowest BCUT2D eigenvalue weighted by Gasteiger charge is -2.27. The number of nitriles is 1. The van der Waals surface area contributed by atoms with Crippen LogP contribution in [0.1, 0.15) is 20.8 Å². The summed E-state index contributed by atoms with van der Waals surface area (Å²) in [7, 11) is 1.64. The van der Waals surface area contributed by atoms with E-state index in [-0.39, 0.29) is 24.9 Å². The number of halogens is 3. The zero-order valence-corrected chi connectivity index (χ0v) is 16.1. The van der Waals surface area contributed by atoms with Gasteiger partial charge in [0.2, 0.25) is 0 Å². The third-order valence-corrected chi connectivity index (χ3v) is 4.08. The van der Waals surface area contributed by atoms with Crippen molar-refractivity contribution < 1.29 is 32.4 Å². The van der Waals surface area contributed by atoms with Gasteiger partial charge in [-0.1, -0.05) is 13.8 Å². The highest BCUT2D eigenvalue weighted by Crippen LogP contribution is 2.23. The second kappa shape index (κ2) is 9.41. The molecule has 0 aliphatic carbocycles. The molecule has 0 saturated carbocycles.